The highest BCUT2D eigenvalue weighted by Gasteiger charge is 2.21. The van der Waals surface area contributed by atoms with Crippen molar-refractivity contribution in [3.63, 3.8) is 0 Å². The molecule has 5 heteroatoms. The maximum Gasteiger partial charge on any atom is 0.266 e. The van der Waals surface area contributed by atoms with Gasteiger partial charge in [-0.1, -0.05) is 24.6 Å². The van der Waals surface area contributed by atoms with Gasteiger partial charge in [-0.05, 0) is 48.9 Å². The molecular formula is C16H15ClFO3. The van der Waals surface area contributed by atoms with Crippen LogP contribution in [-0.4, -0.2) is 17.5 Å². The van der Waals surface area contributed by atoms with Crippen molar-refractivity contribution in [1.82, 2.24) is 0 Å². The highest BCUT2D eigenvalue weighted by Crippen LogP contribution is 2.22. The molecule has 2 atom stereocenters. The maximum absolute atomic E-state index is 12.9. The number of ether oxygens (including phenoxy) is 2. The molecule has 3 nitrogen and oxygen atoms in total. The molecule has 111 valence electrons. The molecular weight excluding hydrogens is 295 g/mol. The lowest BCUT2D eigenvalue weighted by atomic mass is 10.2. The predicted octanol–water partition coefficient (Wildman–Crippen LogP) is 3.85. The highest BCUT2D eigenvalue weighted by atomic mass is 35.5. The number of rotatable bonds is 6. The summed E-state index contributed by atoms with van der Waals surface area (Å²) in [6.07, 6.45) is -1.70. The van der Waals surface area contributed by atoms with Crippen LogP contribution in [-0.2, 0) is 0 Å². The Morgan fingerprint density at radius 2 is 1.76 bits per heavy atom. The number of halogens is 2. The molecule has 0 aliphatic carbocycles. The zero-order chi connectivity index (χ0) is 15.2. The molecule has 0 saturated carbocycles. The van der Waals surface area contributed by atoms with Gasteiger partial charge in [0, 0.05) is 5.02 Å². The molecule has 21 heavy (non-hydrogen) atoms. The summed E-state index contributed by atoms with van der Waals surface area (Å²) >= 11 is 5.88. The third-order valence-corrected chi connectivity index (χ3v) is 2.96. The summed E-state index contributed by atoms with van der Waals surface area (Å²) in [5.74, 6) is 0.477. The zero-order valence-electron chi connectivity index (χ0n) is 11.2. The Balaban J connectivity index is 2.12. The van der Waals surface area contributed by atoms with Crippen LogP contribution in [0.2, 0.25) is 5.02 Å². The van der Waals surface area contributed by atoms with Crippen molar-refractivity contribution in [1.29, 1.82) is 0 Å². The summed E-state index contributed by atoms with van der Waals surface area (Å²) in [4.78, 5) is 0. The van der Waals surface area contributed by atoms with Gasteiger partial charge in [-0.15, -0.1) is 0 Å². The molecule has 0 aromatic heterocycles. The molecule has 0 spiro atoms. The van der Waals surface area contributed by atoms with Crippen molar-refractivity contribution in [2.24, 2.45) is 0 Å². The van der Waals surface area contributed by atoms with Gasteiger partial charge in [0.15, 0.2) is 0 Å². The average molecular weight is 310 g/mol. The Kier molecular flexibility index (Phi) is 5.42. The van der Waals surface area contributed by atoms with E-state index < -0.39 is 12.4 Å². The minimum Gasteiger partial charge on any atom is -0.452 e. The molecule has 1 N–H and O–H groups in total. The van der Waals surface area contributed by atoms with Gasteiger partial charge in [0.05, 0.1) is 0 Å². The normalized spacial score (nSPS) is 13.5. The first-order valence-corrected chi connectivity index (χ1v) is 6.78. The van der Waals surface area contributed by atoms with Crippen molar-refractivity contribution in [2.45, 2.75) is 18.8 Å². The fourth-order valence-electron chi connectivity index (χ4n) is 1.64. The van der Waals surface area contributed by atoms with E-state index >= 15 is 0 Å². The van der Waals surface area contributed by atoms with Gasteiger partial charge in [-0.3, -0.25) is 0 Å². The topological polar surface area (TPSA) is 38.7 Å². The Labute approximate surface area is 127 Å². The molecule has 0 fully saturated rings. The third kappa shape index (κ3) is 4.62. The van der Waals surface area contributed by atoms with Crippen LogP contribution in [0, 0.1) is 12.7 Å². The standard InChI is InChI=1S/C16H15ClFO3/c1-2-15(19)16(20-13-8-6-12(18)7-9-13)21-14-5-3-4-11(17)10-14/h3-10,15-16,19H,1-2H2. The van der Waals surface area contributed by atoms with Gasteiger partial charge in [0.1, 0.15) is 23.4 Å². The largest absolute Gasteiger partial charge is 0.452 e. The van der Waals surface area contributed by atoms with Gasteiger partial charge < -0.3 is 14.6 Å². The Morgan fingerprint density at radius 1 is 1.10 bits per heavy atom. The SMILES string of the molecule is [CH2]CC(O)C(Oc1ccc(F)cc1)Oc1cccc(Cl)c1. The van der Waals surface area contributed by atoms with E-state index in [-0.39, 0.29) is 12.2 Å². The quantitative estimate of drug-likeness (QED) is 0.824. The summed E-state index contributed by atoms with van der Waals surface area (Å²) in [6.45, 7) is 3.63. The number of aliphatic hydroxyl groups is 1. The fourth-order valence-corrected chi connectivity index (χ4v) is 1.82. The van der Waals surface area contributed by atoms with Crippen molar-refractivity contribution in [3.8, 4) is 11.5 Å². The monoisotopic (exact) mass is 309 g/mol. The van der Waals surface area contributed by atoms with Gasteiger partial charge in [0.25, 0.3) is 6.29 Å². The summed E-state index contributed by atoms with van der Waals surface area (Å²) in [6, 6.07) is 12.2. The van der Waals surface area contributed by atoms with Crippen molar-refractivity contribution in [2.75, 3.05) is 0 Å². The number of aliphatic hydroxyl groups excluding tert-OH is 1. The van der Waals surface area contributed by atoms with E-state index in [0.29, 0.717) is 16.5 Å². The van der Waals surface area contributed by atoms with E-state index in [1.165, 1.54) is 24.3 Å². The number of benzene rings is 2. The van der Waals surface area contributed by atoms with E-state index in [9.17, 15) is 9.50 Å². The third-order valence-electron chi connectivity index (χ3n) is 2.72. The molecule has 0 aliphatic rings. The lowest BCUT2D eigenvalue weighted by Crippen LogP contribution is -2.36. The van der Waals surface area contributed by atoms with Gasteiger partial charge in [-0.25, -0.2) is 4.39 Å². The fraction of sp³-hybridized carbons (Fsp3) is 0.188. The molecule has 0 amide bonds. The molecule has 0 saturated heterocycles. The summed E-state index contributed by atoms with van der Waals surface area (Å²) in [7, 11) is 0. The minimum absolute atomic E-state index is 0.201. The van der Waals surface area contributed by atoms with E-state index in [4.69, 9.17) is 21.1 Å². The highest BCUT2D eigenvalue weighted by molar-refractivity contribution is 6.30. The second-order valence-corrected chi connectivity index (χ2v) is 4.81. The molecule has 2 aromatic rings. The molecule has 0 heterocycles. The second-order valence-electron chi connectivity index (χ2n) is 4.37. The van der Waals surface area contributed by atoms with Crippen LogP contribution in [0.3, 0.4) is 0 Å². The first-order valence-electron chi connectivity index (χ1n) is 6.40. The zero-order valence-corrected chi connectivity index (χ0v) is 12.0. The first-order chi connectivity index (χ1) is 10.1. The molecule has 2 unspecified atom stereocenters. The van der Waals surface area contributed by atoms with Crippen molar-refractivity contribution < 1.29 is 19.0 Å². The van der Waals surface area contributed by atoms with Crippen LogP contribution in [0.4, 0.5) is 4.39 Å². The Bertz CT molecular complexity index is 574. The summed E-state index contributed by atoms with van der Waals surface area (Å²) in [5.41, 5.74) is 0. The lowest BCUT2D eigenvalue weighted by Gasteiger charge is -2.24. The van der Waals surface area contributed by atoms with E-state index in [2.05, 4.69) is 6.92 Å². The number of hydrogen-bond donors (Lipinski definition) is 1. The molecule has 0 bridgehead atoms. The molecule has 0 aliphatic heterocycles. The van der Waals surface area contributed by atoms with Gasteiger partial charge >= 0.3 is 0 Å². The lowest BCUT2D eigenvalue weighted by molar-refractivity contribution is -0.0842. The Hall–Kier alpha value is -1.78. The summed E-state index contributed by atoms with van der Waals surface area (Å²) < 4.78 is 24.0. The Morgan fingerprint density at radius 3 is 2.38 bits per heavy atom. The average Bonchev–Trinajstić information content (AvgIpc) is 2.48. The molecule has 2 aromatic carbocycles. The maximum atomic E-state index is 12.9. The van der Waals surface area contributed by atoms with E-state index in [0.717, 1.165) is 0 Å². The van der Waals surface area contributed by atoms with E-state index in [1.807, 2.05) is 0 Å². The predicted molar refractivity (Wildman–Crippen MR) is 78.9 cm³/mol. The van der Waals surface area contributed by atoms with Crippen LogP contribution in [0.1, 0.15) is 6.42 Å². The van der Waals surface area contributed by atoms with Gasteiger partial charge in [0.2, 0.25) is 0 Å². The van der Waals surface area contributed by atoms with Crippen molar-refractivity contribution >= 4 is 11.6 Å². The van der Waals surface area contributed by atoms with Crippen LogP contribution < -0.4 is 9.47 Å². The van der Waals surface area contributed by atoms with Gasteiger partial charge in [-0.2, -0.15) is 0 Å². The number of hydrogen-bond acceptors (Lipinski definition) is 3. The minimum atomic E-state index is -0.966. The molecule has 1 radical (unpaired) electrons. The first kappa shape index (κ1) is 15.6. The smallest absolute Gasteiger partial charge is 0.266 e. The van der Waals surface area contributed by atoms with Crippen LogP contribution in [0.15, 0.2) is 48.5 Å². The van der Waals surface area contributed by atoms with Crippen LogP contribution in [0.5, 0.6) is 11.5 Å². The van der Waals surface area contributed by atoms with E-state index in [1.54, 1.807) is 24.3 Å². The summed E-state index contributed by atoms with van der Waals surface area (Å²) in [5, 5.41) is 10.5. The van der Waals surface area contributed by atoms with Crippen molar-refractivity contribution in [3.05, 3.63) is 66.3 Å². The second kappa shape index (κ2) is 7.29. The van der Waals surface area contributed by atoms with Crippen LogP contribution >= 0.6 is 11.6 Å². The van der Waals surface area contributed by atoms with Crippen LogP contribution in [0.25, 0.3) is 0 Å². The molecule has 2 rings (SSSR count).